The van der Waals surface area contributed by atoms with Gasteiger partial charge >= 0.3 is 0 Å². The van der Waals surface area contributed by atoms with Gasteiger partial charge < -0.3 is 15.4 Å². The van der Waals surface area contributed by atoms with E-state index in [1.807, 2.05) is 7.05 Å². The topological polar surface area (TPSA) is 51.1 Å². The highest BCUT2D eigenvalue weighted by molar-refractivity contribution is 5.33. The Morgan fingerprint density at radius 3 is 2.73 bits per heavy atom. The predicted molar refractivity (Wildman–Crippen MR) is 107 cm³/mol. The van der Waals surface area contributed by atoms with Gasteiger partial charge in [-0.05, 0) is 70.3 Å². The third kappa shape index (κ3) is 4.32. The van der Waals surface area contributed by atoms with Gasteiger partial charge in [-0.25, -0.2) is 0 Å². The van der Waals surface area contributed by atoms with E-state index in [9.17, 15) is 0 Å². The third-order valence-corrected chi connectivity index (χ3v) is 6.62. The number of hydrogen-bond donors (Lipinski definition) is 2. The summed E-state index contributed by atoms with van der Waals surface area (Å²) in [6.07, 6.45) is 8.90. The minimum atomic E-state index is 0.411. The molecule has 26 heavy (non-hydrogen) atoms. The van der Waals surface area contributed by atoms with Gasteiger partial charge in [0.15, 0.2) is 0 Å². The molecule has 2 aliphatic rings. The Hall–Kier alpha value is -0.910. The van der Waals surface area contributed by atoms with Crippen molar-refractivity contribution in [1.29, 1.82) is 0 Å². The van der Waals surface area contributed by atoms with E-state index in [4.69, 9.17) is 9.84 Å². The van der Waals surface area contributed by atoms with Crippen LogP contribution < -0.4 is 10.6 Å². The van der Waals surface area contributed by atoms with E-state index in [1.54, 1.807) is 5.56 Å². The summed E-state index contributed by atoms with van der Waals surface area (Å²) in [5.41, 5.74) is 4.86. The quantitative estimate of drug-likeness (QED) is 0.628. The van der Waals surface area contributed by atoms with E-state index < -0.39 is 0 Å². The normalized spacial score (nSPS) is 25.6. The molecule has 1 fully saturated rings. The van der Waals surface area contributed by atoms with Gasteiger partial charge in [0.1, 0.15) is 0 Å². The van der Waals surface area contributed by atoms with Gasteiger partial charge in [0.2, 0.25) is 0 Å². The van der Waals surface area contributed by atoms with E-state index in [1.165, 1.54) is 56.3 Å². The van der Waals surface area contributed by atoms with Crippen LogP contribution in [0.2, 0.25) is 0 Å². The standard InChI is InChI=1S/C21H38N4O/c1-4-21(16-26-5-2)10-8-17(9-11-21)20-18(15-23-13-12-22-3)24-25-14-6-7-19(20)25/h17,22-23H,4-16H2,1-3H3. The lowest BCUT2D eigenvalue weighted by Crippen LogP contribution is -2.31. The average Bonchev–Trinajstić information content (AvgIpc) is 3.25. The van der Waals surface area contributed by atoms with Crippen LogP contribution in [0.4, 0.5) is 0 Å². The molecule has 0 unspecified atom stereocenters. The highest BCUT2D eigenvalue weighted by atomic mass is 16.5. The summed E-state index contributed by atoms with van der Waals surface area (Å²) < 4.78 is 8.13. The van der Waals surface area contributed by atoms with Crippen molar-refractivity contribution in [1.82, 2.24) is 20.4 Å². The van der Waals surface area contributed by atoms with Crippen LogP contribution in [0, 0.1) is 5.41 Å². The van der Waals surface area contributed by atoms with E-state index in [0.29, 0.717) is 11.3 Å². The lowest BCUT2D eigenvalue weighted by atomic mass is 9.67. The predicted octanol–water partition coefficient (Wildman–Crippen LogP) is 3.23. The summed E-state index contributed by atoms with van der Waals surface area (Å²) in [7, 11) is 2.00. The summed E-state index contributed by atoms with van der Waals surface area (Å²) >= 11 is 0. The second-order valence-electron chi connectivity index (χ2n) is 8.18. The zero-order valence-corrected chi connectivity index (χ0v) is 17.1. The van der Waals surface area contributed by atoms with Crippen LogP contribution in [0.15, 0.2) is 0 Å². The summed E-state index contributed by atoms with van der Waals surface area (Å²) in [4.78, 5) is 0. The first-order chi connectivity index (χ1) is 12.7. The molecular weight excluding hydrogens is 324 g/mol. The molecule has 148 valence electrons. The number of likely N-dealkylation sites (N-methyl/N-ethyl adjacent to an activating group) is 1. The van der Waals surface area contributed by atoms with Crippen LogP contribution in [0.25, 0.3) is 0 Å². The molecule has 0 spiro atoms. The number of rotatable bonds is 10. The van der Waals surface area contributed by atoms with E-state index >= 15 is 0 Å². The molecule has 0 atom stereocenters. The van der Waals surface area contributed by atoms with Crippen molar-refractivity contribution in [2.24, 2.45) is 5.41 Å². The van der Waals surface area contributed by atoms with E-state index in [-0.39, 0.29) is 0 Å². The molecule has 5 heteroatoms. The minimum absolute atomic E-state index is 0.411. The summed E-state index contributed by atoms with van der Waals surface area (Å²) in [5, 5.41) is 11.7. The van der Waals surface area contributed by atoms with E-state index in [2.05, 4.69) is 29.2 Å². The maximum Gasteiger partial charge on any atom is 0.0800 e. The van der Waals surface area contributed by atoms with Crippen LogP contribution in [-0.2, 0) is 24.2 Å². The Morgan fingerprint density at radius 2 is 2.04 bits per heavy atom. The minimum Gasteiger partial charge on any atom is -0.381 e. The Morgan fingerprint density at radius 1 is 1.23 bits per heavy atom. The molecule has 3 rings (SSSR count). The molecule has 1 aromatic heterocycles. The lowest BCUT2D eigenvalue weighted by Gasteiger charge is -2.39. The van der Waals surface area contributed by atoms with Gasteiger partial charge in [-0.3, -0.25) is 4.68 Å². The van der Waals surface area contributed by atoms with Crippen molar-refractivity contribution in [3.8, 4) is 0 Å². The molecule has 5 nitrogen and oxygen atoms in total. The Labute approximate surface area is 159 Å². The fourth-order valence-electron chi connectivity index (χ4n) is 4.87. The Balaban J connectivity index is 1.69. The molecule has 0 amide bonds. The molecule has 1 saturated carbocycles. The fourth-order valence-corrected chi connectivity index (χ4v) is 4.87. The van der Waals surface area contributed by atoms with Crippen molar-refractivity contribution < 1.29 is 4.74 Å². The maximum atomic E-state index is 5.83. The van der Waals surface area contributed by atoms with Crippen molar-refractivity contribution >= 4 is 0 Å². The van der Waals surface area contributed by atoms with Gasteiger partial charge in [-0.15, -0.1) is 0 Å². The van der Waals surface area contributed by atoms with Crippen LogP contribution in [-0.4, -0.2) is 43.1 Å². The summed E-state index contributed by atoms with van der Waals surface area (Å²) in [5.74, 6) is 0.694. The van der Waals surface area contributed by atoms with Gasteiger partial charge in [-0.1, -0.05) is 6.92 Å². The highest BCUT2D eigenvalue weighted by Crippen LogP contribution is 2.47. The molecule has 0 bridgehead atoms. The SMILES string of the molecule is CCOCC1(CC)CCC(c2c(CNCCNC)nn3c2CCC3)CC1. The van der Waals surface area contributed by atoms with Crippen molar-refractivity contribution in [2.45, 2.75) is 77.8 Å². The van der Waals surface area contributed by atoms with Crippen LogP contribution >= 0.6 is 0 Å². The zero-order chi connectivity index (χ0) is 18.4. The van der Waals surface area contributed by atoms with Crippen LogP contribution in [0.5, 0.6) is 0 Å². The van der Waals surface area contributed by atoms with Gasteiger partial charge in [0.05, 0.1) is 12.3 Å². The lowest BCUT2D eigenvalue weighted by molar-refractivity contribution is 0.0192. The molecular formula is C21H38N4O. The Bertz CT molecular complexity index is 561. The van der Waals surface area contributed by atoms with Crippen molar-refractivity contribution in [3.05, 3.63) is 17.0 Å². The van der Waals surface area contributed by atoms with Crippen LogP contribution in [0.1, 0.15) is 75.2 Å². The number of aryl methyl sites for hydroxylation is 1. The zero-order valence-electron chi connectivity index (χ0n) is 17.1. The molecule has 0 aromatic carbocycles. The van der Waals surface area contributed by atoms with Crippen molar-refractivity contribution in [3.63, 3.8) is 0 Å². The summed E-state index contributed by atoms with van der Waals surface area (Å²) in [6, 6.07) is 0. The number of fused-ring (bicyclic) bond motifs is 1. The second kappa shape index (κ2) is 9.34. The van der Waals surface area contributed by atoms with Crippen LogP contribution in [0.3, 0.4) is 0 Å². The first-order valence-electron chi connectivity index (χ1n) is 10.7. The smallest absolute Gasteiger partial charge is 0.0800 e. The fraction of sp³-hybridized carbons (Fsp3) is 0.857. The molecule has 1 aromatic rings. The van der Waals surface area contributed by atoms with E-state index in [0.717, 1.165) is 39.4 Å². The number of aromatic nitrogens is 2. The summed E-state index contributed by atoms with van der Waals surface area (Å²) in [6.45, 7) is 10.2. The average molecular weight is 363 g/mol. The maximum absolute atomic E-state index is 5.83. The number of nitrogens with zero attached hydrogens (tertiary/aromatic N) is 2. The molecule has 2 heterocycles. The number of ether oxygens (including phenoxy) is 1. The largest absolute Gasteiger partial charge is 0.381 e. The second-order valence-corrected chi connectivity index (χ2v) is 8.18. The first kappa shape index (κ1) is 19.8. The first-order valence-corrected chi connectivity index (χ1v) is 10.7. The molecule has 0 radical (unpaired) electrons. The molecule has 2 N–H and O–H groups in total. The monoisotopic (exact) mass is 362 g/mol. The molecule has 1 aliphatic heterocycles. The number of hydrogen-bond acceptors (Lipinski definition) is 4. The van der Waals surface area contributed by atoms with Gasteiger partial charge in [0, 0.05) is 44.0 Å². The van der Waals surface area contributed by atoms with Gasteiger partial charge in [0.25, 0.3) is 0 Å². The Kier molecular flexibility index (Phi) is 7.12. The van der Waals surface area contributed by atoms with Crippen molar-refractivity contribution in [2.75, 3.05) is 33.4 Å². The highest BCUT2D eigenvalue weighted by Gasteiger charge is 2.37. The number of nitrogens with one attached hydrogen (secondary N) is 2. The molecule has 1 aliphatic carbocycles. The molecule has 0 saturated heterocycles. The third-order valence-electron chi connectivity index (χ3n) is 6.62. The van der Waals surface area contributed by atoms with Gasteiger partial charge in [-0.2, -0.15) is 5.10 Å².